The first kappa shape index (κ1) is 10.4. The van der Waals surface area contributed by atoms with Crippen LogP contribution in [0.3, 0.4) is 0 Å². The molecule has 0 unspecified atom stereocenters. The number of hydrogen-bond acceptors (Lipinski definition) is 1. The molecule has 16 heavy (non-hydrogen) atoms. The Labute approximate surface area is 96.0 Å². The lowest BCUT2D eigenvalue weighted by Gasteiger charge is -2.04. The summed E-state index contributed by atoms with van der Waals surface area (Å²) in [4.78, 5) is 0. The van der Waals surface area contributed by atoms with Crippen LogP contribution in [0, 0.1) is 18.3 Å². The van der Waals surface area contributed by atoms with Crippen molar-refractivity contribution in [1.29, 1.82) is 5.26 Å². The number of hydrogen-bond donors (Lipinski definition) is 0. The fourth-order valence-corrected chi connectivity index (χ4v) is 1.71. The lowest BCUT2D eigenvalue weighted by atomic mass is 10.00. The number of nitrogens with zero attached hydrogens (tertiary/aromatic N) is 1. The molecule has 0 heterocycles. The van der Waals surface area contributed by atoms with E-state index >= 15 is 0 Å². The van der Waals surface area contributed by atoms with Crippen molar-refractivity contribution in [3.8, 4) is 6.07 Å². The first-order chi connectivity index (χ1) is 7.79. The molecule has 0 amide bonds. The van der Waals surface area contributed by atoms with Crippen molar-refractivity contribution >= 4 is 0 Å². The molecule has 2 aromatic rings. The highest BCUT2D eigenvalue weighted by molar-refractivity contribution is 5.40. The highest BCUT2D eigenvalue weighted by Crippen LogP contribution is 2.14. The molecule has 1 nitrogen and oxygen atoms in total. The molecule has 0 fully saturated rings. The zero-order valence-electron chi connectivity index (χ0n) is 9.27. The third kappa shape index (κ3) is 2.29. The highest BCUT2D eigenvalue weighted by atomic mass is 14.2. The van der Waals surface area contributed by atoms with Gasteiger partial charge in [-0.15, -0.1) is 0 Å². The van der Waals surface area contributed by atoms with Crippen LogP contribution in [0.5, 0.6) is 0 Å². The molecule has 0 aliphatic heterocycles. The standard InChI is InChI=1S/C15H13N/c1-12-6-8-13(9-7-12)10-14-4-2-3-5-15(14)11-16/h2-9H,10H2,1H3. The van der Waals surface area contributed by atoms with Gasteiger partial charge in [0.05, 0.1) is 11.6 Å². The molecule has 0 spiro atoms. The van der Waals surface area contributed by atoms with Crippen molar-refractivity contribution < 1.29 is 0 Å². The molecular formula is C15H13N. The van der Waals surface area contributed by atoms with E-state index in [9.17, 15) is 0 Å². The molecule has 0 atom stereocenters. The van der Waals surface area contributed by atoms with Crippen LogP contribution in [0.15, 0.2) is 48.5 Å². The normalized spacial score (nSPS) is 9.75. The Kier molecular flexibility index (Phi) is 3.03. The van der Waals surface area contributed by atoms with Crippen LogP contribution < -0.4 is 0 Å². The van der Waals surface area contributed by atoms with Gasteiger partial charge in [-0.2, -0.15) is 5.26 Å². The van der Waals surface area contributed by atoms with Crippen LogP contribution in [0.2, 0.25) is 0 Å². The van der Waals surface area contributed by atoms with Gasteiger partial charge in [0.2, 0.25) is 0 Å². The topological polar surface area (TPSA) is 23.8 Å². The van der Waals surface area contributed by atoms with Crippen LogP contribution in [-0.2, 0) is 6.42 Å². The molecule has 0 bridgehead atoms. The smallest absolute Gasteiger partial charge is 0.0994 e. The maximum absolute atomic E-state index is 8.99. The summed E-state index contributed by atoms with van der Waals surface area (Å²) in [6.07, 6.45) is 0.823. The van der Waals surface area contributed by atoms with Crippen molar-refractivity contribution in [3.05, 3.63) is 70.8 Å². The summed E-state index contributed by atoms with van der Waals surface area (Å²) in [5, 5.41) is 8.99. The van der Waals surface area contributed by atoms with Crippen molar-refractivity contribution in [1.82, 2.24) is 0 Å². The highest BCUT2D eigenvalue weighted by Gasteiger charge is 2.01. The Morgan fingerprint density at radius 2 is 1.69 bits per heavy atom. The van der Waals surface area contributed by atoms with Gasteiger partial charge in [0.1, 0.15) is 0 Å². The third-order valence-corrected chi connectivity index (χ3v) is 2.65. The van der Waals surface area contributed by atoms with Gasteiger partial charge in [0.15, 0.2) is 0 Å². The average molecular weight is 207 g/mol. The van der Waals surface area contributed by atoms with Gasteiger partial charge >= 0.3 is 0 Å². The molecule has 78 valence electrons. The quantitative estimate of drug-likeness (QED) is 0.739. The lowest BCUT2D eigenvalue weighted by molar-refractivity contribution is 1.17. The fraction of sp³-hybridized carbons (Fsp3) is 0.133. The van der Waals surface area contributed by atoms with Crippen LogP contribution in [0.25, 0.3) is 0 Å². The number of nitriles is 1. The number of aryl methyl sites for hydroxylation is 1. The maximum Gasteiger partial charge on any atom is 0.0994 e. The summed E-state index contributed by atoms with van der Waals surface area (Å²) < 4.78 is 0. The van der Waals surface area contributed by atoms with Crippen LogP contribution in [0.1, 0.15) is 22.3 Å². The van der Waals surface area contributed by atoms with E-state index in [0.29, 0.717) is 0 Å². The number of rotatable bonds is 2. The van der Waals surface area contributed by atoms with Crippen LogP contribution >= 0.6 is 0 Å². The van der Waals surface area contributed by atoms with Gasteiger partial charge in [0, 0.05) is 0 Å². The second kappa shape index (κ2) is 4.63. The minimum atomic E-state index is 0.767. The Balaban J connectivity index is 2.27. The Morgan fingerprint density at radius 1 is 1.00 bits per heavy atom. The first-order valence-electron chi connectivity index (χ1n) is 5.33. The zero-order chi connectivity index (χ0) is 11.4. The molecule has 0 aliphatic rings. The second-order valence-corrected chi connectivity index (χ2v) is 3.93. The molecule has 0 radical (unpaired) electrons. The lowest BCUT2D eigenvalue weighted by Crippen LogP contribution is -1.91. The van der Waals surface area contributed by atoms with Crippen molar-refractivity contribution in [2.75, 3.05) is 0 Å². The van der Waals surface area contributed by atoms with Gasteiger partial charge in [-0.1, -0.05) is 48.0 Å². The summed E-state index contributed by atoms with van der Waals surface area (Å²) in [5.74, 6) is 0. The summed E-state index contributed by atoms with van der Waals surface area (Å²) in [5.41, 5.74) is 4.36. The monoisotopic (exact) mass is 207 g/mol. The molecule has 2 rings (SSSR count). The van der Waals surface area contributed by atoms with Crippen LogP contribution in [0.4, 0.5) is 0 Å². The van der Waals surface area contributed by atoms with E-state index in [1.54, 1.807) is 0 Å². The van der Waals surface area contributed by atoms with Gasteiger partial charge < -0.3 is 0 Å². The Bertz CT molecular complexity index is 518. The first-order valence-corrected chi connectivity index (χ1v) is 5.33. The SMILES string of the molecule is Cc1ccc(Cc2ccccc2C#N)cc1. The molecular weight excluding hydrogens is 194 g/mol. The van der Waals surface area contributed by atoms with Gasteiger partial charge in [0.25, 0.3) is 0 Å². The van der Waals surface area contributed by atoms with E-state index in [-0.39, 0.29) is 0 Å². The second-order valence-electron chi connectivity index (χ2n) is 3.93. The van der Waals surface area contributed by atoms with Gasteiger partial charge in [-0.3, -0.25) is 0 Å². The van der Waals surface area contributed by atoms with E-state index in [0.717, 1.165) is 17.5 Å². The third-order valence-electron chi connectivity index (χ3n) is 2.65. The van der Waals surface area contributed by atoms with E-state index in [2.05, 4.69) is 37.3 Å². The summed E-state index contributed by atoms with van der Waals surface area (Å²) in [6, 6.07) is 18.4. The molecule has 0 aromatic heterocycles. The largest absolute Gasteiger partial charge is 0.192 e. The zero-order valence-corrected chi connectivity index (χ0v) is 9.27. The predicted molar refractivity (Wildman–Crippen MR) is 65.1 cm³/mol. The minimum absolute atomic E-state index is 0.767. The van der Waals surface area contributed by atoms with Crippen molar-refractivity contribution in [3.63, 3.8) is 0 Å². The minimum Gasteiger partial charge on any atom is -0.192 e. The fourth-order valence-electron chi connectivity index (χ4n) is 1.71. The average Bonchev–Trinajstić information content (AvgIpc) is 2.33. The van der Waals surface area contributed by atoms with E-state index in [1.165, 1.54) is 11.1 Å². The van der Waals surface area contributed by atoms with Gasteiger partial charge in [-0.25, -0.2) is 0 Å². The van der Waals surface area contributed by atoms with E-state index in [4.69, 9.17) is 5.26 Å². The van der Waals surface area contributed by atoms with Crippen LogP contribution in [-0.4, -0.2) is 0 Å². The summed E-state index contributed by atoms with van der Waals surface area (Å²) in [6.45, 7) is 2.08. The predicted octanol–water partition coefficient (Wildman–Crippen LogP) is 3.46. The van der Waals surface area contributed by atoms with Gasteiger partial charge in [-0.05, 0) is 30.5 Å². The van der Waals surface area contributed by atoms with E-state index < -0.39 is 0 Å². The molecule has 0 aliphatic carbocycles. The summed E-state index contributed by atoms with van der Waals surface area (Å²) in [7, 11) is 0. The van der Waals surface area contributed by atoms with Crippen molar-refractivity contribution in [2.45, 2.75) is 13.3 Å². The molecule has 1 heteroatoms. The Hall–Kier alpha value is -2.07. The van der Waals surface area contributed by atoms with Crippen molar-refractivity contribution in [2.24, 2.45) is 0 Å². The maximum atomic E-state index is 8.99. The molecule has 0 N–H and O–H groups in total. The molecule has 0 saturated carbocycles. The number of benzene rings is 2. The Morgan fingerprint density at radius 3 is 2.38 bits per heavy atom. The van der Waals surface area contributed by atoms with E-state index in [1.807, 2.05) is 24.3 Å². The molecule has 0 saturated heterocycles. The summed E-state index contributed by atoms with van der Waals surface area (Å²) >= 11 is 0. The molecule has 2 aromatic carbocycles.